The van der Waals surface area contributed by atoms with E-state index in [2.05, 4.69) is 15.3 Å². The van der Waals surface area contributed by atoms with E-state index in [1.165, 1.54) is 0 Å². The highest BCUT2D eigenvalue weighted by Crippen LogP contribution is 2.30. The summed E-state index contributed by atoms with van der Waals surface area (Å²) in [6.45, 7) is 3.44. The minimum Gasteiger partial charge on any atom is -0.354 e. The van der Waals surface area contributed by atoms with E-state index < -0.39 is 0 Å². The quantitative estimate of drug-likeness (QED) is 0.702. The van der Waals surface area contributed by atoms with Gasteiger partial charge in [0.05, 0.1) is 11.3 Å². The number of rotatable bonds is 3. The fourth-order valence-electron chi connectivity index (χ4n) is 3.08. The average Bonchev–Trinajstić information content (AvgIpc) is 2.70. The van der Waals surface area contributed by atoms with Crippen molar-refractivity contribution in [3.8, 4) is 0 Å². The maximum Gasteiger partial charge on any atom is 0.257 e. The molecular weight excluding hydrogens is 380 g/mol. The SMILES string of the molecule is Cc1ccc2c(Nc3ccc(Cl)cc3)c(C(=O)N3CCSCC3)cnc2n1. The molecule has 3 heterocycles. The Hall–Kier alpha value is -2.31. The molecule has 0 aliphatic carbocycles. The number of pyridine rings is 2. The van der Waals surface area contributed by atoms with Crippen LogP contribution in [-0.2, 0) is 0 Å². The predicted octanol–water partition coefficient (Wildman–Crippen LogP) is 4.52. The van der Waals surface area contributed by atoms with Crippen LogP contribution in [0.2, 0.25) is 5.02 Å². The number of amides is 1. The van der Waals surface area contributed by atoms with Crippen molar-refractivity contribution in [2.24, 2.45) is 0 Å². The Balaban J connectivity index is 1.80. The van der Waals surface area contributed by atoms with Crippen molar-refractivity contribution in [3.63, 3.8) is 0 Å². The number of nitrogens with one attached hydrogen (secondary N) is 1. The van der Waals surface area contributed by atoms with Gasteiger partial charge in [-0.05, 0) is 43.3 Å². The largest absolute Gasteiger partial charge is 0.354 e. The van der Waals surface area contributed by atoms with Crippen LogP contribution >= 0.6 is 23.4 Å². The third-order valence-electron chi connectivity index (χ3n) is 4.51. The molecule has 138 valence electrons. The second kappa shape index (κ2) is 7.74. The first kappa shape index (κ1) is 18.1. The molecule has 4 rings (SSSR count). The maximum absolute atomic E-state index is 13.2. The van der Waals surface area contributed by atoms with Gasteiger partial charge < -0.3 is 10.2 Å². The van der Waals surface area contributed by atoms with Gasteiger partial charge in [0, 0.05) is 52.6 Å². The molecule has 7 heteroatoms. The minimum atomic E-state index is 0.00161. The third-order valence-corrected chi connectivity index (χ3v) is 5.71. The average molecular weight is 399 g/mol. The summed E-state index contributed by atoms with van der Waals surface area (Å²) in [7, 11) is 0. The predicted molar refractivity (Wildman–Crippen MR) is 112 cm³/mol. The third kappa shape index (κ3) is 3.87. The first-order chi connectivity index (χ1) is 13.1. The van der Waals surface area contributed by atoms with Gasteiger partial charge in [0.15, 0.2) is 5.65 Å². The number of carbonyl (C=O) groups excluding carboxylic acids is 1. The zero-order chi connectivity index (χ0) is 18.8. The molecule has 0 spiro atoms. The van der Waals surface area contributed by atoms with Crippen molar-refractivity contribution in [3.05, 3.63) is 58.9 Å². The Morgan fingerprint density at radius 2 is 1.89 bits per heavy atom. The fraction of sp³-hybridized carbons (Fsp3) is 0.250. The van der Waals surface area contributed by atoms with E-state index in [9.17, 15) is 4.79 Å². The molecule has 1 fully saturated rings. The van der Waals surface area contributed by atoms with Crippen LogP contribution in [-0.4, -0.2) is 45.4 Å². The molecule has 1 aliphatic rings. The standard InChI is InChI=1S/C20H19ClN4OS/c1-13-2-7-16-18(24-15-5-3-14(21)4-6-15)17(12-22-19(16)23-13)20(26)25-8-10-27-11-9-25/h2-7,12H,8-11H2,1H3,(H,22,23,24). The molecular formula is C20H19ClN4OS. The van der Waals surface area contributed by atoms with Crippen molar-refractivity contribution in [1.82, 2.24) is 14.9 Å². The molecule has 1 amide bonds. The van der Waals surface area contributed by atoms with Crippen LogP contribution in [0.1, 0.15) is 16.1 Å². The number of benzene rings is 1. The number of halogens is 1. The van der Waals surface area contributed by atoms with E-state index in [1.54, 1.807) is 6.20 Å². The first-order valence-electron chi connectivity index (χ1n) is 8.78. The van der Waals surface area contributed by atoms with Crippen molar-refractivity contribution in [2.45, 2.75) is 6.92 Å². The summed E-state index contributed by atoms with van der Waals surface area (Å²) in [6.07, 6.45) is 1.64. The van der Waals surface area contributed by atoms with Gasteiger partial charge in [0.25, 0.3) is 5.91 Å². The van der Waals surface area contributed by atoms with Gasteiger partial charge in [-0.3, -0.25) is 4.79 Å². The van der Waals surface area contributed by atoms with Crippen LogP contribution in [0.3, 0.4) is 0 Å². The van der Waals surface area contributed by atoms with Crippen LogP contribution in [0.4, 0.5) is 11.4 Å². The molecule has 1 aliphatic heterocycles. The first-order valence-corrected chi connectivity index (χ1v) is 10.3. The number of fused-ring (bicyclic) bond motifs is 1. The second-order valence-corrected chi connectivity index (χ2v) is 8.07. The lowest BCUT2D eigenvalue weighted by atomic mass is 10.1. The number of carbonyl (C=O) groups is 1. The Morgan fingerprint density at radius 3 is 2.63 bits per heavy atom. The summed E-state index contributed by atoms with van der Waals surface area (Å²) in [6, 6.07) is 11.3. The number of thioether (sulfide) groups is 1. The topological polar surface area (TPSA) is 58.1 Å². The Kier molecular flexibility index (Phi) is 5.18. The Labute approximate surface area is 167 Å². The number of aryl methyl sites for hydroxylation is 1. The van der Waals surface area contributed by atoms with Crippen LogP contribution in [0.25, 0.3) is 11.0 Å². The number of hydrogen-bond donors (Lipinski definition) is 1. The molecule has 27 heavy (non-hydrogen) atoms. The summed E-state index contributed by atoms with van der Waals surface area (Å²) in [4.78, 5) is 24.0. The highest BCUT2D eigenvalue weighted by Gasteiger charge is 2.23. The van der Waals surface area contributed by atoms with E-state index in [4.69, 9.17) is 11.6 Å². The highest BCUT2D eigenvalue weighted by atomic mass is 35.5. The molecule has 0 radical (unpaired) electrons. The molecule has 0 atom stereocenters. The summed E-state index contributed by atoms with van der Waals surface area (Å²) in [5, 5.41) is 4.88. The van der Waals surface area contributed by atoms with E-state index in [1.807, 2.05) is 60.0 Å². The molecule has 1 N–H and O–H groups in total. The van der Waals surface area contributed by atoms with Gasteiger partial charge >= 0.3 is 0 Å². The van der Waals surface area contributed by atoms with Crippen LogP contribution < -0.4 is 5.32 Å². The zero-order valence-electron chi connectivity index (χ0n) is 14.9. The lowest BCUT2D eigenvalue weighted by molar-refractivity contribution is 0.0773. The van der Waals surface area contributed by atoms with E-state index in [0.29, 0.717) is 16.2 Å². The molecule has 0 saturated carbocycles. The normalized spacial score (nSPS) is 14.4. The molecule has 0 bridgehead atoms. The molecule has 5 nitrogen and oxygen atoms in total. The van der Waals surface area contributed by atoms with E-state index in [-0.39, 0.29) is 5.91 Å². The summed E-state index contributed by atoms with van der Waals surface area (Å²) in [5.41, 5.74) is 3.67. The Bertz CT molecular complexity index is 987. The second-order valence-electron chi connectivity index (χ2n) is 6.41. The van der Waals surface area contributed by atoms with Gasteiger partial charge in [0.2, 0.25) is 0 Å². The van der Waals surface area contributed by atoms with Crippen molar-refractivity contribution in [2.75, 3.05) is 29.9 Å². The minimum absolute atomic E-state index is 0.00161. The molecule has 3 aromatic rings. The van der Waals surface area contributed by atoms with Crippen LogP contribution in [0.15, 0.2) is 42.6 Å². The van der Waals surface area contributed by atoms with E-state index >= 15 is 0 Å². The summed E-state index contributed by atoms with van der Waals surface area (Å²) >= 11 is 7.88. The summed E-state index contributed by atoms with van der Waals surface area (Å²) < 4.78 is 0. The highest BCUT2D eigenvalue weighted by molar-refractivity contribution is 7.99. The van der Waals surface area contributed by atoms with Crippen molar-refractivity contribution < 1.29 is 4.79 Å². The van der Waals surface area contributed by atoms with Gasteiger partial charge in [-0.1, -0.05) is 11.6 Å². The monoisotopic (exact) mass is 398 g/mol. The lowest BCUT2D eigenvalue weighted by Gasteiger charge is -2.27. The van der Waals surface area contributed by atoms with Gasteiger partial charge in [-0.15, -0.1) is 0 Å². The van der Waals surface area contributed by atoms with Gasteiger partial charge in [0.1, 0.15) is 0 Å². The number of hydrogen-bond acceptors (Lipinski definition) is 5. The van der Waals surface area contributed by atoms with Crippen LogP contribution in [0, 0.1) is 6.92 Å². The van der Waals surface area contributed by atoms with Crippen LogP contribution in [0.5, 0.6) is 0 Å². The van der Waals surface area contributed by atoms with Crippen molar-refractivity contribution in [1.29, 1.82) is 0 Å². The lowest BCUT2D eigenvalue weighted by Crippen LogP contribution is -2.38. The number of nitrogens with zero attached hydrogens (tertiary/aromatic N) is 3. The fourth-order valence-corrected chi connectivity index (χ4v) is 4.11. The van der Waals surface area contributed by atoms with Crippen molar-refractivity contribution >= 4 is 51.7 Å². The van der Waals surface area contributed by atoms with Gasteiger partial charge in [-0.2, -0.15) is 11.8 Å². The maximum atomic E-state index is 13.2. The van der Waals surface area contributed by atoms with E-state index in [0.717, 1.165) is 47.1 Å². The smallest absolute Gasteiger partial charge is 0.257 e. The Morgan fingerprint density at radius 1 is 1.15 bits per heavy atom. The number of anilines is 2. The molecule has 1 aromatic carbocycles. The molecule has 2 aromatic heterocycles. The van der Waals surface area contributed by atoms with Gasteiger partial charge in [-0.25, -0.2) is 9.97 Å². The zero-order valence-corrected chi connectivity index (χ0v) is 16.5. The molecule has 0 unspecified atom stereocenters. The summed E-state index contributed by atoms with van der Waals surface area (Å²) in [5.74, 6) is 1.93. The number of aromatic nitrogens is 2. The molecule has 1 saturated heterocycles.